The molecule has 0 atom stereocenters. The van der Waals surface area contributed by atoms with Crippen molar-refractivity contribution in [1.82, 2.24) is 0 Å². The van der Waals surface area contributed by atoms with Crippen molar-refractivity contribution in [2.75, 3.05) is 9.71 Å². The highest BCUT2D eigenvalue weighted by molar-refractivity contribution is 7.26. The Morgan fingerprint density at radius 1 is 0.500 bits per heavy atom. The topological polar surface area (TPSA) is 6.48 Å². The number of hydrogen-bond donors (Lipinski definition) is 0. The maximum absolute atomic E-state index is 2.76. The Morgan fingerprint density at radius 2 is 1.16 bits per heavy atom. The molecule has 0 spiro atoms. The fourth-order valence-electron chi connectivity index (χ4n) is 12.8. The molecule has 13 rings (SSSR count). The van der Waals surface area contributed by atoms with Gasteiger partial charge in [0.15, 0.2) is 0 Å². The van der Waals surface area contributed by atoms with E-state index in [0.717, 1.165) is 0 Å². The summed E-state index contributed by atoms with van der Waals surface area (Å²) < 4.78 is 2.73. The molecule has 0 unspecified atom stereocenters. The van der Waals surface area contributed by atoms with E-state index >= 15 is 0 Å². The molecule has 4 heterocycles. The molecule has 0 amide bonds. The van der Waals surface area contributed by atoms with E-state index in [1.54, 1.807) is 0 Å². The van der Waals surface area contributed by atoms with E-state index in [-0.39, 0.29) is 28.5 Å². The number of benzene rings is 8. The summed E-state index contributed by atoms with van der Waals surface area (Å²) in [4.78, 5) is 5.44. The third-order valence-electron chi connectivity index (χ3n) is 16.8. The molecule has 0 N–H and O–H groups in total. The van der Waals surface area contributed by atoms with Gasteiger partial charge in [-0.05, 0) is 151 Å². The maximum atomic E-state index is 2.76. The molecule has 68 heavy (non-hydrogen) atoms. The third-order valence-corrected chi connectivity index (χ3v) is 17.9. The number of fused-ring (bicyclic) bond motifs is 10. The Labute approximate surface area is 407 Å². The van der Waals surface area contributed by atoms with Crippen LogP contribution in [0.4, 0.5) is 28.4 Å². The monoisotopic (exact) mass is 898 g/mol. The molecule has 334 valence electrons. The Bertz CT molecular complexity index is 3620. The fourth-order valence-corrected chi connectivity index (χ4v) is 14.0. The lowest BCUT2D eigenvalue weighted by Gasteiger charge is -2.51. The first-order chi connectivity index (χ1) is 32.5. The molecular weight excluding hydrogens is 840 g/mol. The van der Waals surface area contributed by atoms with Gasteiger partial charge < -0.3 is 9.71 Å². The first-order valence-corrected chi connectivity index (χ1v) is 25.6. The van der Waals surface area contributed by atoms with Crippen LogP contribution in [0.1, 0.15) is 109 Å². The summed E-state index contributed by atoms with van der Waals surface area (Å²) in [6.07, 6.45) is 2.40. The van der Waals surface area contributed by atoms with E-state index in [2.05, 4.69) is 231 Å². The minimum absolute atomic E-state index is 0.0285. The van der Waals surface area contributed by atoms with Gasteiger partial charge in [0.25, 0.3) is 0 Å². The minimum Gasteiger partial charge on any atom is -0.376 e. The van der Waals surface area contributed by atoms with Gasteiger partial charge in [0.2, 0.25) is 0 Å². The van der Waals surface area contributed by atoms with E-state index in [1.807, 2.05) is 11.3 Å². The van der Waals surface area contributed by atoms with Crippen molar-refractivity contribution in [3.63, 3.8) is 0 Å². The molecule has 3 aliphatic heterocycles. The normalized spacial score (nSPS) is 16.8. The second-order valence-corrected chi connectivity index (χ2v) is 24.3. The SMILES string of the molecule is Cc1ccccc1-c1cc2c3c(c1)N(c1ccc(C(C)(C)C)cc1-c1ccccc1)c1cc4sc5cc6c(cc5c4cc1B3N1c3ccccc3C(C)(C)c3cccc-2c31)C(C)(C)CCC6(C)C. The van der Waals surface area contributed by atoms with Crippen LogP contribution in [0.3, 0.4) is 0 Å². The number of nitrogens with zero attached hydrogens (tertiary/aromatic N) is 2. The molecule has 2 nitrogen and oxygen atoms in total. The smallest absolute Gasteiger partial charge is 0.333 e. The van der Waals surface area contributed by atoms with Gasteiger partial charge in [-0.3, -0.25) is 0 Å². The van der Waals surface area contributed by atoms with Crippen molar-refractivity contribution in [1.29, 1.82) is 0 Å². The highest BCUT2D eigenvalue weighted by atomic mass is 32.1. The summed E-state index contributed by atoms with van der Waals surface area (Å²) in [7, 11) is 0. The molecule has 4 heteroatoms. The Hall–Kier alpha value is -6.36. The fraction of sp³-hybridized carbons (Fsp3) is 0.250. The van der Waals surface area contributed by atoms with Crippen molar-refractivity contribution in [3.05, 3.63) is 185 Å². The second kappa shape index (κ2) is 14.1. The summed E-state index contributed by atoms with van der Waals surface area (Å²) in [5, 5.41) is 2.75. The van der Waals surface area contributed by atoms with Crippen LogP contribution in [0.25, 0.3) is 53.6 Å². The molecule has 1 aromatic heterocycles. The molecular formula is C64H59BN2S. The van der Waals surface area contributed by atoms with E-state index in [4.69, 9.17) is 0 Å². The average molecular weight is 899 g/mol. The second-order valence-electron chi connectivity index (χ2n) is 23.2. The molecule has 0 saturated carbocycles. The van der Waals surface area contributed by atoms with E-state index < -0.39 is 0 Å². The molecule has 0 saturated heterocycles. The predicted octanol–water partition coefficient (Wildman–Crippen LogP) is 16.7. The van der Waals surface area contributed by atoms with Crippen LogP contribution in [-0.2, 0) is 21.7 Å². The number of para-hydroxylation sites is 2. The largest absolute Gasteiger partial charge is 0.376 e. The van der Waals surface area contributed by atoms with Crippen LogP contribution in [0, 0.1) is 6.92 Å². The van der Waals surface area contributed by atoms with Gasteiger partial charge in [-0.2, -0.15) is 0 Å². The van der Waals surface area contributed by atoms with E-state index in [9.17, 15) is 0 Å². The van der Waals surface area contributed by atoms with Crippen LogP contribution < -0.4 is 20.6 Å². The lowest BCUT2D eigenvalue weighted by atomic mass is 9.42. The predicted molar refractivity (Wildman–Crippen MR) is 295 cm³/mol. The van der Waals surface area contributed by atoms with Crippen LogP contribution in [0.15, 0.2) is 152 Å². The summed E-state index contributed by atoms with van der Waals surface area (Å²) in [5.41, 5.74) is 25.1. The van der Waals surface area contributed by atoms with Crippen LogP contribution in [0.5, 0.6) is 0 Å². The Morgan fingerprint density at radius 3 is 1.93 bits per heavy atom. The van der Waals surface area contributed by atoms with Gasteiger partial charge in [0.1, 0.15) is 0 Å². The van der Waals surface area contributed by atoms with Gasteiger partial charge in [0, 0.05) is 59.5 Å². The molecule has 1 aliphatic carbocycles. The van der Waals surface area contributed by atoms with Crippen molar-refractivity contribution in [2.24, 2.45) is 0 Å². The first kappa shape index (κ1) is 41.8. The lowest BCUT2D eigenvalue weighted by molar-refractivity contribution is 0.332. The molecule has 4 aliphatic rings. The van der Waals surface area contributed by atoms with Gasteiger partial charge in [-0.15, -0.1) is 11.3 Å². The van der Waals surface area contributed by atoms with Crippen LogP contribution >= 0.6 is 11.3 Å². The minimum atomic E-state index is -0.192. The molecule has 0 fully saturated rings. The molecule has 8 aromatic carbocycles. The third kappa shape index (κ3) is 5.83. The summed E-state index contributed by atoms with van der Waals surface area (Å²) in [6, 6.07) is 59.2. The molecule has 9 aromatic rings. The zero-order chi connectivity index (χ0) is 46.8. The summed E-state index contributed by atoms with van der Waals surface area (Å²) >= 11 is 1.98. The Balaban J connectivity index is 1.20. The van der Waals surface area contributed by atoms with Crippen molar-refractivity contribution < 1.29 is 0 Å². The zero-order valence-corrected chi connectivity index (χ0v) is 42.0. The zero-order valence-electron chi connectivity index (χ0n) is 41.2. The van der Waals surface area contributed by atoms with Gasteiger partial charge in [-0.25, -0.2) is 0 Å². The average Bonchev–Trinajstić information content (AvgIpc) is 3.68. The first-order valence-electron chi connectivity index (χ1n) is 24.8. The highest BCUT2D eigenvalue weighted by Crippen LogP contribution is 2.58. The number of anilines is 5. The van der Waals surface area contributed by atoms with E-state index in [1.165, 1.54) is 139 Å². The van der Waals surface area contributed by atoms with Crippen LogP contribution in [-0.4, -0.2) is 6.85 Å². The van der Waals surface area contributed by atoms with Gasteiger partial charge in [0.05, 0.1) is 5.69 Å². The number of rotatable bonds is 3. The van der Waals surface area contributed by atoms with Crippen LogP contribution in [0.2, 0.25) is 0 Å². The number of aryl methyl sites for hydroxylation is 1. The molecule has 0 radical (unpaired) electrons. The lowest BCUT2D eigenvalue weighted by Crippen LogP contribution is -2.63. The quantitative estimate of drug-likeness (QED) is 0.163. The highest BCUT2D eigenvalue weighted by Gasteiger charge is 2.50. The summed E-state index contributed by atoms with van der Waals surface area (Å²) in [5.74, 6) is 0. The van der Waals surface area contributed by atoms with Gasteiger partial charge in [-0.1, -0.05) is 165 Å². The molecule has 0 bridgehead atoms. The Kier molecular flexibility index (Phi) is 8.68. The van der Waals surface area contributed by atoms with Crippen molar-refractivity contribution >= 4 is 77.7 Å². The number of hydrogen-bond acceptors (Lipinski definition) is 3. The standard InChI is InChI=1S/C64H59BN2S/c1-38-19-14-15-22-42(38)40-31-47-43-23-18-25-49-60(43)67(54-26-17-16-24-48(54)64(49,9)10)65-52-35-46-45-34-50-51(63(7,8)30-29-62(50,5)6)36-57(45)68-58(46)37-55(52)66(56(32-40)59(47)65)53-28-27-41(61(2,3)4)33-44(53)39-20-12-11-13-21-39/h11-28,31-37H,29-30H2,1-10H3. The maximum Gasteiger partial charge on any atom is 0.333 e. The van der Waals surface area contributed by atoms with Crippen molar-refractivity contribution in [3.8, 4) is 33.4 Å². The van der Waals surface area contributed by atoms with Gasteiger partial charge >= 0.3 is 6.85 Å². The van der Waals surface area contributed by atoms with Crippen molar-refractivity contribution in [2.45, 2.75) is 104 Å². The summed E-state index contributed by atoms with van der Waals surface area (Å²) in [6.45, 7) is 23.9. The van der Waals surface area contributed by atoms with E-state index in [0.29, 0.717) is 0 Å². The number of thiophene rings is 1.